The maximum atomic E-state index is 8.67. The van der Waals surface area contributed by atoms with Gasteiger partial charge in [-0.15, -0.1) is 11.3 Å². The predicted molar refractivity (Wildman–Crippen MR) is 137 cm³/mol. The first-order valence-electron chi connectivity index (χ1n) is 10.8. The van der Waals surface area contributed by atoms with Gasteiger partial charge in [0.1, 0.15) is 35.3 Å². The SMILES string of the molecule is CNc1ccc(NC2=NC3CNCC3O2)cc1C(=N)Nc1ccc(OCc2nccs2)c(Cl)c1. The van der Waals surface area contributed by atoms with E-state index in [9.17, 15) is 0 Å². The molecule has 2 aliphatic heterocycles. The van der Waals surface area contributed by atoms with Crippen molar-refractivity contribution in [1.29, 1.82) is 5.41 Å². The molecule has 5 rings (SSSR count). The van der Waals surface area contributed by atoms with Crippen molar-refractivity contribution in [3.05, 3.63) is 63.6 Å². The van der Waals surface area contributed by atoms with Crippen LogP contribution >= 0.6 is 22.9 Å². The summed E-state index contributed by atoms with van der Waals surface area (Å²) in [6.07, 6.45) is 1.82. The van der Waals surface area contributed by atoms with Crippen LogP contribution in [0.15, 0.2) is 53.0 Å². The fraction of sp³-hybridized carbons (Fsp3) is 0.261. The number of fused-ring (bicyclic) bond motifs is 1. The van der Waals surface area contributed by atoms with Gasteiger partial charge in [0.25, 0.3) is 6.02 Å². The quantitative estimate of drug-likeness (QED) is 0.247. The zero-order valence-corrected chi connectivity index (χ0v) is 20.0. The van der Waals surface area contributed by atoms with Crippen LogP contribution in [0.4, 0.5) is 17.1 Å². The smallest absolute Gasteiger partial charge is 0.290 e. The molecule has 0 saturated carbocycles. The van der Waals surface area contributed by atoms with Crippen LogP contribution in [0.25, 0.3) is 0 Å². The third kappa shape index (κ3) is 4.93. The highest BCUT2D eigenvalue weighted by molar-refractivity contribution is 7.09. The number of nitrogens with one attached hydrogen (secondary N) is 5. The number of anilines is 3. The Morgan fingerprint density at radius 3 is 2.91 bits per heavy atom. The normalized spacial score (nSPS) is 18.6. The molecule has 3 heterocycles. The Morgan fingerprint density at radius 2 is 2.15 bits per heavy atom. The molecule has 0 spiro atoms. The molecule has 3 aromatic rings. The first kappa shape index (κ1) is 22.5. The van der Waals surface area contributed by atoms with Gasteiger partial charge in [-0.3, -0.25) is 5.41 Å². The van der Waals surface area contributed by atoms with Crippen molar-refractivity contribution >= 4 is 51.9 Å². The van der Waals surface area contributed by atoms with Gasteiger partial charge in [-0.05, 0) is 36.4 Å². The number of benzene rings is 2. The molecule has 9 nitrogen and oxygen atoms in total. The molecule has 5 N–H and O–H groups in total. The molecule has 0 amide bonds. The van der Waals surface area contributed by atoms with Crippen LogP contribution in [0, 0.1) is 5.41 Å². The molecule has 34 heavy (non-hydrogen) atoms. The van der Waals surface area contributed by atoms with E-state index in [-0.39, 0.29) is 18.0 Å². The van der Waals surface area contributed by atoms with E-state index in [2.05, 4.69) is 31.2 Å². The molecule has 0 radical (unpaired) electrons. The molecule has 2 aliphatic rings. The second-order valence-corrected chi connectivity index (χ2v) is 9.20. The second-order valence-electron chi connectivity index (χ2n) is 7.81. The third-order valence-corrected chi connectivity index (χ3v) is 6.57. The van der Waals surface area contributed by atoms with Gasteiger partial charge in [0.05, 0.1) is 5.02 Å². The second kappa shape index (κ2) is 9.88. The summed E-state index contributed by atoms with van der Waals surface area (Å²) in [7, 11) is 1.82. The number of thiazole rings is 1. The summed E-state index contributed by atoms with van der Waals surface area (Å²) < 4.78 is 11.6. The van der Waals surface area contributed by atoms with Crippen LogP contribution in [-0.2, 0) is 11.3 Å². The number of hydrogen-bond acceptors (Lipinski definition) is 9. The molecule has 1 aromatic heterocycles. The lowest BCUT2D eigenvalue weighted by molar-refractivity contribution is 0.224. The summed E-state index contributed by atoms with van der Waals surface area (Å²) in [5.74, 6) is 0.782. The first-order valence-corrected chi connectivity index (χ1v) is 12.1. The molecule has 1 saturated heterocycles. The van der Waals surface area contributed by atoms with Crippen LogP contribution in [0.3, 0.4) is 0 Å². The molecule has 1 fully saturated rings. The van der Waals surface area contributed by atoms with Crippen molar-refractivity contribution in [3.8, 4) is 5.75 Å². The number of amidine groups is 2. The minimum absolute atomic E-state index is 0.0804. The van der Waals surface area contributed by atoms with E-state index in [0.717, 1.165) is 29.5 Å². The average molecular weight is 498 g/mol. The monoisotopic (exact) mass is 497 g/mol. The van der Waals surface area contributed by atoms with Crippen LogP contribution in [-0.4, -0.2) is 49.1 Å². The lowest BCUT2D eigenvalue weighted by Crippen LogP contribution is -2.23. The zero-order valence-electron chi connectivity index (χ0n) is 18.4. The number of hydrogen-bond donors (Lipinski definition) is 5. The lowest BCUT2D eigenvalue weighted by atomic mass is 10.1. The highest BCUT2D eigenvalue weighted by Gasteiger charge is 2.35. The van der Waals surface area contributed by atoms with Crippen LogP contribution in [0.1, 0.15) is 10.6 Å². The number of aromatic nitrogens is 1. The number of rotatable bonds is 7. The minimum Gasteiger partial charge on any atom is -0.485 e. The Balaban J connectivity index is 1.27. The fourth-order valence-corrected chi connectivity index (χ4v) is 4.58. The maximum Gasteiger partial charge on any atom is 0.290 e. The molecule has 2 unspecified atom stereocenters. The molecule has 0 bridgehead atoms. The van der Waals surface area contributed by atoms with E-state index in [4.69, 9.17) is 26.5 Å². The molecular formula is C23H24ClN7O2S. The van der Waals surface area contributed by atoms with Gasteiger partial charge in [0.2, 0.25) is 0 Å². The van der Waals surface area contributed by atoms with E-state index >= 15 is 0 Å². The van der Waals surface area contributed by atoms with E-state index < -0.39 is 0 Å². The summed E-state index contributed by atoms with van der Waals surface area (Å²) in [4.78, 5) is 8.79. The predicted octanol–water partition coefficient (Wildman–Crippen LogP) is 3.99. The summed E-state index contributed by atoms with van der Waals surface area (Å²) >= 11 is 7.94. The molecule has 11 heteroatoms. The average Bonchev–Trinajstić information content (AvgIpc) is 3.57. The first-order chi connectivity index (χ1) is 16.6. The summed E-state index contributed by atoms with van der Waals surface area (Å²) in [5.41, 5.74) is 2.97. The standard InChI is InChI=1S/C23H24ClN7O2S/c1-26-17-4-2-13(30-23-31-18-10-27-11-20(18)33-23)8-15(17)22(25)29-14-3-5-19(16(24)9-14)32-12-21-28-6-7-34-21/h2-9,18,20,26-27H,10-12H2,1H3,(H2,25,29)(H,30,31). The number of nitrogens with zero attached hydrogens (tertiary/aromatic N) is 2. The maximum absolute atomic E-state index is 8.67. The van der Waals surface area contributed by atoms with Crippen molar-refractivity contribution in [1.82, 2.24) is 10.3 Å². The van der Waals surface area contributed by atoms with Gasteiger partial charge >= 0.3 is 0 Å². The van der Waals surface area contributed by atoms with E-state index in [1.165, 1.54) is 11.3 Å². The molecule has 2 atom stereocenters. The van der Waals surface area contributed by atoms with Crippen molar-refractivity contribution in [2.45, 2.75) is 18.8 Å². The summed E-state index contributed by atoms with van der Waals surface area (Å²) in [6, 6.07) is 11.7. The molecule has 2 aromatic carbocycles. The minimum atomic E-state index is 0.0804. The van der Waals surface area contributed by atoms with E-state index in [0.29, 0.717) is 34.7 Å². The Bertz CT molecular complexity index is 1220. The molecule has 0 aliphatic carbocycles. The highest BCUT2D eigenvalue weighted by atomic mass is 35.5. The van der Waals surface area contributed by atoms with Crippen molar-refractivity contribution in [2.75, 3.05) is 36.1 Å². The van der Waals surface area contributed by atoms with E-state index in [1.807, 2.05) is 36.7 Å². The van der Waals surface area contributed by atoms with Gasteiger partial charge in [-0.1, -0.05) is 11.6 Å². The Hall–Kier alpha value is -3.34. The van der Waals surface area contributed by atoms with Crippen LogP contribution < -0.4 is 26.0 Å². The van der Waals surface area contributed by atoms with Crippen LogP contribution in [0.5, 0.6) is 5.75 Å². The largest absolute Gasteiger partial charge is 0.485 e. The van der Waals surface area contributed by atoms with Crippen molar-refractivity contribution in [3.63, 3.8) is 0 Å². The Labute approximate surface area is 206 Å². The van der Waals surface area contributed by atoms with Gasteiger partial charge in [-0.25, -0.2) is 9.98 Å². The fourth-order valence-electron chi connectivity index (χ4n) is 3.82. The van der Waals surface area contributed by atoms with E-state index in [1.54, 1.807) is 18.3 Å². The Morgan fingerprint density at radius 1 is 1.26 bits per heavy atom. The number of halogens is 1. The highest BCUT2D eigenvalue weighted by Crippen LogP contribution is 2.30. The zero-order chi connectivity index (χ0) is 23.5. The summed E-state index contributed by atoms with van der Waals surface area (Å²) in [5, 5.41) is 24.6. The molecular weight excluding hydrogens is 474 g/mol. The lowest BCUT2D eigenvalue weighted by Gasteiger charge is -2.16. The summed E-state index contributed by atoms with van der Waals surface area (Å²) in [6.45, 7) is 1.99. The van der Waals surface area contributed by atoms with Crippen molar-refractivity contribution < 1.29 is 9.47 Å². The van der Waals surface area contributed by atoms with Gasteiger partial charge in [-0.2, -0.15) is 0 Å². The van der Waals surface area contributed by atoms with Crippen molar-refractivity contribution in [2.24, 2.45) is 4.99 Å². The number of aliphatic imine (C=N–C) groups is 1. The van der Waals surface area contributed by atoms with Gasteiger partial charge in [0.15, 0.2) is 0 Å². The Kier molecular flexibility index (Phi) is 6.52. The topological polar surface area (TPSA) is 116 Å². The molecule has 176 valence electrons. The third-order valence-electron chi connectivity index (χ3n) is 5.52. The van der Waals surface area contributed by atoms with Crippen LogP contribution in [0.2, 0.25) is 5.02 Å². The van der Waals surface area contributed by atoms with Gasteiger partial charge < -0.3 is 30.7 Å². The number of ether oxygens (including phenoxy) is 2. The van der Waals surface area contributed by atoms with Gasteiger partial charge in [0, 0.05) is 54.3 Å².